The van der Waals surface area contributed by atoms with E-state index in [-0.39, 0.29) is 5.41 Å². The number of fused-ring (bicyclic) bond motifs is 4. The Kier molecular flexibility index (Phi) is 8.13. The van der Waals surface area contributed by atoms with Gasteiger partial charge in [-0.15, -0.1) is 0 Å². The van der Waals surface area contributed by atoms with Crippen LogP contribution in [0, 0.1) is 23.7 Å². The molecular formula is C60H46N2. The fraction of sp³-hybridized carbons (Fsp3) is 0.167. The van der Waals surface area contributed by atoms with Gasteiger partial charge in [0.1, 0.15) is 0 Å². The first kappa shape index (κ1) is 35.8. The maximum atomic E-state index is 5.25. The maximum absolute atomic E-state index is 5.25. The van der Waals surface area contributed by atoms with Crippen LogP contribution in [0.2, 0.25) is 0 Å². The number of hydrogen-bond donors (Lipinski definition) is 0. The van der Waals surface area contributed by atoms with Crippen LogP contribution in [0.15, 0.2) is 194 Å². The normalized spacial score (nSPS) is 21.6. The lowest BCUT2D eigenvalue weighted by Crippen LogP contribution is -2.55. The van der Waals surface area contributed by atoms with E-state index in [0.717, 1.165) is 45.7 Å². The van der Waals surface area contributed by atoms with Crippen molar-refractivity contribution < 1.29 is 0 Å². The quantitative estimate of drug-likeness (QED) is 0.168. The second kappa shape index (κ2) is 14.1. The molecule has 0 amide bonds. The van der Waals surface area contributed by atoms with Crippen molar-refractivity contribution in [1.29, 1.82) is 0 Å². The van der Waals surface area contributed by atoms with Gasteiger partial charge in [-0.25, -0.2) is 9.97 Å². The van der Waals surface area contributed by atoms with Gasteiger partial charge in [-0.05, 0) is 146 Å². The second-order valence-electron chi connectivity index (χ2n) is 18.5. The molecule has 4 fully saturated rings. The minimum atomic E-state index is 0.0933. The molecule has 9 aromatic rings. The summed E-state index contributed by atoms with van der Waals surface area (Å²) in [4.78, 5) is 10.4. The van der Waals surface area contributed by atoms with Crippen molar-refractivity contribution in [3.05, 3.63) is 205 Å². The molecule has 0 saturated heterocycles. The highest BCUT2D eigenvalue weighted by molar-refractivity contribution is 6.01. The van der Waals surface area contributed by atoms with Gasteiger partial charge in [0.05, 0.1) is 11.4 Å². The van der Waals surface area contributed by atoms with Crippen molar-refractivity contribution >= 4 is 10.8 Å². The molecule has 296 valence electrons. The monoisotopic (exact) mass is 794 g/mol. The third-order valence-electron chi connectivity index (χ3n) is 15.3. The van der Waals surface area contributed by atoms with Crippen molar-refractivity contribution in [3.63, 3.8) is 0 Å². The number of nitrogens with zero attached hydrogens (tertiary/aromatic N) is 2. The Morgan fingerprint density at radius 2 is 0.871 bits per heavy atom. The molecule has 1 heterocycles. The molecule has 4 saturated carbocycles. The SMILES string of the molecule is c1ccc(-c2ccc(-c3cc(-c4cccc(-c5ccccc5-c5cccc6c5-c5cc7ccccc7cc5C65C6CC7CC(C6)CC5C7)c4)nc(-c4ccccc4)n3)cc2)cc1. The lowest BCUT2D eigenvalue weighted by Gasteiger charge is -2.61. The highest BCUT2D eigenvalue weighted by atomic mass is 14.9. The lowest BCUT2D eigenvalue weighted by atomic mass is 9.43. The minimum Gasteiger partial charge on any atom is -0.228 e. The van der Waals surface area contributed by atoms with Crippen LogP contribution >= 0.6 is 0 Å². The van der Waals surface area contributed by atoms with E-state index in [0.29, 0.717) is 11.8 Å². The summed E-state index contributed by atoms with van der Waals surface area (Å²) in [5.74, 6) is 3.95. The molecule has 0 radical (unpaired) electrons. The zero-order chi connectivity index (χ0) is 40.8. The fourth-order valence-corrected chi connectivity index (χ4v) is 12.9. The molecule has 5 aliphatic carbocycles. The number of hydrogen-bond acceptors (Lipinski definition) is 2. The van der Waals surface area contributed by atoms with Crippen LogP contribution in [0.3, 0.4) is 0 Å². The zero-order valence-corrected chi connectivity index (χ0v) is 34.7. The smallest absolute Gasteiger partial charge is 0.160 e. The van der Waals surface area contributed by atoms with Crippen LogP contribution in [0.1, 0.15) is 43.2 Å². The Bertz CT molecular complexity index is 3150. The van der Waals surface area contributed by atoms with Crippen LogP contribution in [0.4, 0.5) is 0 Å². The highest BCUT2D eigenvalue weighted by Gasteiger charge is 2.61. The van der Waals surface area contributed by atoms with E-state index in [9.17, 15) is 0 Å². The summed E-state index contributed by atoms with van der Waals surface area (Å²) < 4.78 is 0. The van der Waals surface area contributed by atoms with Crippen molar-refractivity contribution in [3.8, 4) is 78.4 Å². The lowest BCUT2D eigenvalue weighted by molar-refractivity contribution is -0.0398. The molecule has 1 spiro atoms. The third kappa shape index (κ3) is 5.55. The van der Waals surface area contributed by atoms with E-state index >= 15 is 0 Å². The standard InChI is InChI=1S/C60H46N2/c1-3-13-40(14-4-1)41-25-27-42(28-26-41)56-37-57(62-59(61-56)43-15-5-2-6-16-43)47-20-11-19-46(34-47)50-21-9-10-22-51(50)52-23-12-24-54-58(52)53-35-44-17-7-8-18-45(44)36-55(53)60(54)48-30-38-29-39(32-48)33-49(60)31-38/h1-28,34-39,48-49H,29-33H2. The molecular weight excluding hydrogens is 749 g/mol. The molecule has 0 atom stereocenters. The van der Waals surface area contributed by atoms with Gasteiger partial charge in [0.2, 0.25) is 0 Å². The molecule has 4 bridgehead atoms. The van der Waals surface area contributed by atoms with Gasteiger partial charge < -0.3 is 0 Å². The summed E-state index contributed by atoms with van der Waals surface area (Å²) >= 11 is 0. The molecule has 0 aliphatic heterocycles. The molecule has 0 N–H and O–H groups in total. The number of aromatic nitrogens is 2. The Morgan fingerprint density at radius 3 is 1.60 bits per heavy atom. The van der Waals surface area contributed by atoms with Gasteiger partial charge in [-0.3, -0.25) is 0 Å². The summed E-state index contributed by atoms with van der Waals surface area (Å²) in [7, 11) is 0. The Hall–Kier alpha value is -6.90. The van der Waals surface area contributed by atoms with Gasteiger partial charge in [0.25, 0.3) is 0 Å². The van der Waals surface area contributed by atoms with Crippen LogP contribution < -0.4 is 0 Å². The molecule has 5 aliphatic rings. The van der Waals surface area contributed by atoms with E-state index in [2.05, 4.69) is 188 Å². The van der Waals surface area contributed by atoms with Crippen LogP contribution in [0.5, 0.6) is 0 Å². The van der Waals surface area contributed by atoms with E-state index < -0.39 is 0 Å². The maximum Gasteiger partial charge on any atom is 0.160 e. The second-order valence-corrected chi connectivity index (χ2v) is 18.5. The molecule has 8 aromatic carbocycles. The molecule has 14 rings (SSSR count). The van der Waals surface area contributed by atoms with Crippen molar-refractivity contribution in [2.24, 2.45) is 23.7 Å². The van der Waals surface area contributed by atoms with E-state index in [4.69, 9.17) is 9.97 Å². The van der Waals surface area contributed by atoms with Crippen LogP contribution in [0.25, 0.3) is 89.2 Å². The Morgan fingerprint density at radius 1 is 0.339 bits per heavy atom. The number of rotatable bonds is 6. The Labute approximate surface area is 364 Å². The fourth-order valence-electron chi connectivity index (χ4n) is 12.9. The largest absolute Gasteiger partial charge is 0.228 e. The van der Waals surface area contributed by atoms with E-state index in [1.54, 1.807) is 11.1 Å². The van der Waals surface area contributed by atoms with Crippen molar-refractivity contribution in [1.82, 2.24) is 9.97 Å². The zero-order valence-electron chi connectivity index (χ0n) is 34.7. The molecule has 62 heavy (non-hydrogen) atoms. The highest BCUT2D eigenvalue weighted by Crippen LogP contribution is 2.70. The molecule has 0 unspecified atom stereocenters. The minimum absolute atomic E-state index is 0.0933. The van der Waals surface area contributed by atoms with E-state index in [1.165, 1.54) is 87.4 Å². The first-order valence-electron chi connectivity index (χ1n) is 22.6. The summed E-state index contributed by atoms with van der Waals surface area (Å²) in [6.07, 6.45) is 6.97. The average molecular weight is 795 g/mol. The van der Waals surface area contributed by atoms with Crippen molar-refractivity contribution in [2.45, 2.75) is 37.5 Å². The van der Waals surface area contributed by atoms with E-state index in [1.807, 2.05) is 6.07 Å². The first-order valence-corrected chi connectivity index (χ1v) is 22.6. The summed E-state index contributed by atoms with van der Waals surface area (Å²) in [5.41, 5.74) is 18.6. The number of benzene rings is 8. The molecule has 1 aromatic heterocycles. The first-order chi connectivity index (χ1) is 30.7. The summed E-state index contributed by atoms with van der Waals surface area (Å²) in [5, 5.41) is 2.71. The predicted octanol–water partition coefficient (Wildman–Crippen LogP) is 15.4. The molecule has 2 heteroatoms. The predicted molar refractivity (Wildman–Crippen MR) is 255 cm³/mol. The summed E-state index contributed by atoms with van der Waals surface area (Å²) in [6, 6.07) is 71.4. The summed E-state index contributed by atoms with van der Waals surface area (Å²) in [6.45, 7) is 0. The van der Waals surface area contributed by atoms with Crippen molar-refractivity contribution in [2.75, 3.05) is 0 Å². The van der Waals surface area contributed by atoms with Gasteiger partial charge in [0.15, 0.2) is 5.82 Å². The molecule has 2 nitrogen and oxygen atoms in total. The average Bonchev–Trinajstić information content (AvgIpc) is 3.62. The van der Waals surface area contributed by atoms with Gasteiger partial charge in [-0.1, -0.05) is 170 Å². The van der Waals surface area contributed by atoms with Crippen LogP contribution in [-0.2, 0) is 5.41 Å². The van der Waals surface area contributed by atoms with Gasteiger partial charge >= 0.3 is 0 Å². The topological polar surface area (TPSA) is 25.8 Å². The Balaban J connectivity index is 0.950. The van der Waals surface area contributed by atoms with Gasteiger partial charge in [0, 0.05) is 22.1 Å². The third-order valence-corrected chi connectivity index (χ3v) is 15.3. The van der Waals surface area contributed by atoms with Crippen LogP contribution in [-0.4, -0.2) is 9.97 Å². The van der Waals surface area contributed by atoms with Gasteiger partial charge in [-0.2, -0.15) is 0 Å².